The van der Waals surface area contributed by atoms with E-state index in [0.29, 0.717) is 0 Å². The van der Waals surface area contributed by atoms with E-state index in [2.05, 4.69) is 4.98 Å². The number of anilines is 2. The lowest BCUT2D eigenvalue weighted by atomic mass is 10.1. The standard InChI is InChI=1S/C24H22F3N5O5/c1-29-20-19(21(34)30(2)23(29)37)31(13-28-20)11-16(33)12-32(18-9-4-3-8-17(18)22(35)36)15-7-5-6-14(10-15)24(25,26)27/h3-10,13,16,33H,11-12H2,1-2H3,(H,35,36). The molecule has 13 heteroatoms. The number of alkyl halides is 3. The van der Waals surface area contributed by atoms with Crippen LogP contribution in [-0.4, -0.2) is 47.5 Å². The van der Waals surface area contributed by atoms with Gasteiger partial charge in [0.25, 0.3) is 5.56 Å². The Balaban J connectivity index is 1.76. The number of rotatable bonds is 7. The summed E-state index contributed by atoms with van der Waals surface area (Å²) in [5.41, 5.74) is -2.09. The third-order valence-corrected chi connectivity index (χ3v) is 5.93. The van der Waals surface area contributed by atoms with Crippen LogP contribution in [0.5, 0.6) is 0 Å². The molecular formula is C24H22F3N5O5. The average Bonchev–Trinajstić information content (AvgIpc) is 3.27. The molecular weight excluding hydrogens is 495 g/mol. The minimum Gasteiger partial charge on any atom is -0.478 e. The minimum atomic E-state index is -4.64. The van der Waals surface area contributed by atoms with Gasteiger partial charge in [-0.15, -0.1) is 0 Å². The Bertz CT molecular complexity index is 1610. The zero-order valence-electron chi connectivity index (χ0n) is 19.7. The molecule has 4 aromatic rings. The number of carbonyl (C=O) groups is 1. The normalized spacial score (nSPS) is 12.6. The number of hydrogen-bond donors (Lipinski definition) is 2. The number of aryl methyl sites for hydroxylation is 1. The second-order valence-corrected chi connectivity index (χ2v) is 8.41. The van der Waals surface area contributed by atoms with Gasteiger partial charge in [0.1, 0.15) is 0 Å². The Morgan fingerprint density at radius 1 is 1.08 bits per heavy atom. The van der Waals surface area contributed by atoms with Crippen molar-refractivity contribution in [2.75, 3.05) is 11.4 Å². The number of aliphatic hydroxyl groups is 1. The number of imidazole rings is 1. The summed E-state index contributed by atoms with van der Waals surface area (Å²) in [6, 6.07) is 10.1. The summed E-state index contributed by atoms with van der Waals surface area (Å²) in [6.45, 7) is -0.536. The third kappa shape index (κ3) is 4.85. The smallest absolute Gasteiger partial charge is 0.416 e. The van der Waals surface area contributed by atoms with Crippen molar-refractivity contribution in [3.05, 3.63) is 86.8 Å². The van der Waals surface area contributed by atoms with Gasteiger partial charge in [-0.05, 0) is 30.3 Å². The number of benzene rings is 2. The van der Waals surface area contributed by atoms with Crippen LogP contribution in [0.2, 0.25) is 0 Å². The zero-order valence-corrected chi connectivity index (χ0v) is 19.7. The Hall–Kier alpha value is -4.39. The molecule has 2 aromatic carbocycles. The highest BCUT2D eigenvalue weighted by Gasteiger charge is 2.31. The summed E-state index contributed by atoms with van der Waals surface area (Å²) >= 11 is 0. The van der Waals surface area contributed by atoms with Crippen LogP contribution in [0.3, 0.4) is 0 Å². The molecule has 2 heterocycles. The van der Waals surface area contributed by atoms with Gasteiger partial charge in [-0.3, -0.25) is 13.9 Å². The van der Waals surface area contributed by atoms with E-state index in [1.54, 1.807) is 0 Å². The van der Waals surface area contributed by atoms with E-state index in [1.807, 2.05) is 0 Å². The summed E-state index contributed by atoms with van der Waals surface area (Å²) in [4.78, 5) is 42.1. The molecule has 1 atom stereocenters. The van der Waals surface area contributed by atoms with Crippen LogP contribution < -0.4 is 16.1 Å². The lowest BCUT2D eigenvalue weighted by molar-refractivity contribution is -0.137. The van der Waals surface area contributed by atoms with Crippen molar-refractivity contribution in [3.63, 3.8) is 0 Å². The van der Waals surface area contributed by atoms with E-state index < -0.39 is 35.1 Å². The molecule has 0 aliphatic carbocycles. The molecule has 0 aliphatic rings. The summed E-state index contributed by atoms with van der Waals surface area (Å²) < 4.78 is 43.6. The molecule has 4 rings (SSSR count). The highest BCUT2D eigenvalue weighted by molar-refractivity contribution is 5.95. The van der Waals surface area contributed by atoms with Crippen LogP contribution in [0.25, 0.3) is 11.2 Å². The van der Waals surface area contributed by atoms with Crippen LogP contribution in [-0.2, 0) is 26.8 Å². The number of aromatic carboxylic acids is 1. The molecule has 37 heavy (non-hydrogen) atoms. The molecule has 10 nitrogen and oxygen atoms in total. The van der Waals surface area contributed by atoms with Crippen molar-refractivity contribution in [1.29, 1.82) is 0 Å². The molecule has 0 aliphatic heterocycles. The van der Waals surface area contributed by atoms with Crippen LogP contribution in [0, 0.1) is 0 Å². The summed E-state index contributed by atoms with van der Waals surface area (Å²) in [7, 11) is 2.74. The van der Waals surface area contributed by atoms with Crippen LogP contribution in [0.1, 0.15) is 15.9 Å². The van der Waals surface area contributed by atoms with Crippen LogP contribution >= 0.6 is 0 Å². The number of aromatic nitrogens is 4. The van der Waals surface area contributed by atoms with Crippen molar-refractivity contribution in [2.45, 2.75) is 18.8 Å². The van der Waals surface area contributed by atoms with Gasteiger partial charge >= 0.3 is 17.8 Å². The monoisotopic (exact) mass is 517 g/mol. The zero-order chi connectivity index (χ0) is 27.1. The predicted octanol–water partition coefficient (Wildman–Crippen LogP) is 2.35. The molecule has 0 radical (unpaired) electrons. The molecule has 0 saturated heterocycles. The molecule has 1 unspecified atom stereocenters. The summed E-state index contributed by atoms with van der Waals surface area (Å²) in [5, 5.41) is 20.6. The fourth-order valence-electron chi connectivity index (χ4n) is 4.11. The SMILES string of the molecule is Cn1c(=O)c2c(ncn2CC(O)CN(c2cccc(C(F)(F)F)c2)c2ccccc2C(=O)O)n(C)c1=O. The Morgan fingerprint density at radius 3 is 2.46 bits per heavy atom. The van der Waals surface area contributed by atoms with Crippen LogP contribution in [0.4, 0.5) is 24.5 Å². The minimum absolute atomic E-state index is 0.0105. The second-order valence-electron chi connectivity index (χ2n) is 8.41. The molecule has 2 N–H and O–H groups in total. The molecule has 0 bridgehead atoms. The van der Waals surface area contributed by atoms with Crippen molar-refractivity contribution in [2.24, 2.45) is 14.1 Å². The molecule has 0 saturated carbocycles. The van der Waals surface area contributed by atoms with Crippen molar-refractivity contribution >= 4 is 28.5 Å². The van der Waals surface area contributed by atoms with Crippen molar-refractivity contribution in [3.8, 4) is 0 Å². The Labute approximate surface area is 207 Å². The topological polar surface area (TPSA) is 123 Å². The first kappa shape index (κ1) is 25.7. The van der Waals surface area contributed by atoms with Gasteiger partial charge in [0.15, 0.2) is 11.2 Å². The highest BCUT2D eigenvalue weighted by atomic mass is 19.4. The number of nitrogens with zero attached hydrogens (tertiary/aromatic N) is 5. The maximum absolute atomic E-state index is 13.4. The van der Waals surface area contributed by atoms with Gasteiger partial charge < -0.3 is 19.7 Å². The first-order valence-electron chi connectivity index (χ1n) is 11.0. The third-order valence-electron chi connectivity index (χ3n) is 5.93. The van der Waals surface area contributed by atoms with Gasteiger partial charge in [-0.1, -0.05) is 18.2 Å². The first-order chi connectivity index (χ1) is 17.4. The van der Waals surface area contributed by atoms with E-state index in [1.165, 1.54) is 70.9 Å². The Kier molecular flexibility index (Phi) is 6.65. The maximum Gasteiger partial charge on any atom is 0.416 e. The first-order valence-corrected chi connectivity index (χ1v) is 11.0. The quantitative estimate of drug-likeness (QED) is 0.386. The number of hydrogen-bond acceptors (Lipinski definition) is 6. The number of carboxylic acids is 1. The summed E-state index contributed by atoms with van der Waals surface area (Å²) in [6.07, 6.45) is -4.66. The largest absolute Gasteiger partial charge is 0.478 e. The average molecular weight is 517 g/mol. The van der Waals surface area contributed by atoms with E-state index >= 15 is 0 Å². The number of halogens is 3. The fourth-order valence-corrected chi connectivity index (χ4v) is 4.11. The summed E-state index contributed by atoms with van der Waals surface area (Å²) in [5.74, 6) is -1.30. The Morgan fingerprint density at radius 2 is 1.78 bits per heavy atom. The predicted molar refractivity (Wildman–Crippen MR) is 128 cm³/mol. The lowest BCUT2D eigenvalue weighted by Crippen LogP contribution is -2.38. The number of carboxylic acid groups (broad SMARTS) is 1. The highest BCUT2D eigenvalue weighted by Crippen LogP contribution is 2.35. The van der Waals surface area contributed by atoms with Gasteiger partial charge in [0, 0.05) is 19.8 Å². The van der Waals surface area contributed by atoms with E-state index in [-0.39, 0.29) is 41.2 Å². The van der Waals surface area contributed by atoms with Crippen molar-refractivity contribution < 1.29 is 28.2 Å². The van der Waals surface area contributed by atoms with E-state index in [9.17, 15) is 37.8 Å². The van der Waals surface area contributed by atoms with Gasteiger partial charge in [0.05, 0.1) is 42.3 Å². The van der Waals surface area contributed by atoms with Crippen LogP contribution in [0.15, 0.2) is 64.4 Å². The molecule has 194 valence electrons. The van der Waals surface area contributed by atoms with Gasteiger partial charge in [-0.2, -0.15) is 13.2 Å². The van der Waals surface area contributed by atoms with Crippen molar-refractivity contribution in [1.82, 2.24) is 18.7 Å². The molecule has 0 amide bonds. The number of para-hydroxylation sites is 1. The fraction of sp³-hybridized carbons (Fsp3) is 0.250. The van der Waals surface area contributed by atoms with E-state index in [4.69, 9.17) is 0 Å². The van der Waals surface area contributed by atoms with E-state index in [0.717, 1.165) is 16.7 Å². The molecule has 0 fully saturated rings. The molecule has 0 spiro atoms. The van der Waals surface area contributed by atoms with Gasteiger partial charge in [-0.25, -0.2) is 14.6 Å². The second kappa shape index (κ2) is 9.58. The van der Waals surface area contributed by atoms with Gasteiger partial charge in [0.2, 0.25) is 0 Å². The lowest BCUT2D eigenvalue weighted by Gasteiger charge is -2.29. The number of aliphatic hydroxyl groups excluding tert-OH is 1. The number of fused-ring (bicyclic) bond motifs is 1. The molecule has 2 aromatic heterocycles. The maximum atomic E-state index is 13.4.